The highest BCUT2D eigenvalue weighted by Crippen LogP contribution is 2.33. The fourth-order valence-corrected chi connectivity index (χ4v) is 3.22. The number of carbonyl (C=O) groups is 2. The van der Waals surface area contributed by atoms with E-state index in [0.717, 1.165) is 0 Å². The zero-order valence-electron chi connectivity index (χ0n) is 16.8. The maximum Gasteiger partial charge on any atom is 0.278 e. The van der Waals surface area contributed by atoms with Crippen LogP contribution in [0.15, 0.2) is 60.3 Å². The lowest BCUT2D eigenvalue weighted by atomic mass is 10.0. The van der Waals surface area contributed by atoms with E-state index in [-0.39, 0.29) is 17.5 Å². The number of anilines is 1. The Bertz CT molecular complexity index is 893. The maximum atomic E-state index is 13.1. The highest BCUT2D eigenvalue weighted by molar-refractivity contribution is 6.36. The molecule has 0 spiro atoms. The summed E-state index contributed by atoms with van der Waals surface area (Å²) in [5.74, 6) is -0.00398. The van der Waals surface area contributed by atoms with Crippen LogP contribution in [0.4, 0.5) is 5.69 Å². The molecule has 0 saturated carbocycles. The Balaban J connectivity index is 1.94. The summed E-state index contributed by atoms with van der Waals surface area (Å²) >= 11 is 0. The Kier molecular flexibility index (Phi) is 7.03. The van der Waals surface area contributed by atoms with Gasteiger partial charge in [-0.2, -0.15) is 0 Å². The molecule has 2 aromatic rings. The molecular weight excluding hydrogens is 368 g/mol. The standard InChI is InChI=1S/C23H26N2O4/c1-3-28-16-10-15-25-22(26)20(17-11-6-5-7-12-17)21(23(25)27)24-18-13-8-9-14-19(18)29-4-2/h5-9,11-14,24H,3-4,10,15-16H2,1-2H3. The van der Waals surface area contributed by atoms with E-state index < -0.39 is 0 Å². The lowest BCUT2D eigenvalue weighted by Gasteiger charge is -2.16. The van der Waals surface area contributed by atoms with E-state index in [1.54, 1.807) is 0 Å². The molecule has 0 unspecified atom stereocenters. The van der Waals surface area contributed by atoms with Crippen LogP contribution in [-0.4, -0.2) is 43.1 Å². The van der Waals surface area contributed by atoms with Crippen molar-refractivity contribution in [1.82, 2.24) is 4.90 Å². The second-order valence-corrected chi connectivity index (χ2v) is 6.48. The van der Waals surface area contributed by atoms with E-state index in [2.05, 4.69) is 5.32 Å². The normalized spacial score (nSPS) is 13.9. The zero-order chi connectivity index (χ0) is 20.6. The molecule has 6 nitrogen and oxygen atoms in total. The maximum absolute atomic E-state index is 13.1. The van der Waals surface area contributed by atoms with Crippen LogP contribution < -0.4 is 10.1 Å². The number of carbonyl (C=O) groups excluding carboxylic acids is 2. The topological polar surface area (TPSA) is 67.9 Å². The van der Waals surface area contributed by atoms with E-state index >= 15 is 0 Å². The van der Waals surface area contributed by atoms with Crippen molar-refractivity contribution in [2.75, 3.05) is 31.7 Å². The molecule has 152 valence electrons. The third-order valence-electron chi connectivity index (χ3n) is 4.55. The zero-order valence-corrected chi connectivity index (χ0v) is 16.8. The minimum atomic E-state index is -0.336. The molecule has 0 fully saturated rings. The van der Waals surface area contributed by atoms with Gasteiger partial charge in [-0.1, -0.05) is 42.5 Å². The van der Waals surface area contributed by atoms with Gasteiger partial charge in [0, 0.05) is 19.8 Å². The first-order valence-electron chi connectivity index (χ1n) is 9.89. The lowest BCUT2D eigenvalue weighted by molar-refractivity contribution is -0.137. The molecule has 1 aliphatic heterocycles. The molecule has 0 radical (unpaired) electrons. The van der Waals surface area contributed by atoms with Crippen LogP contribution in [0.5, 0.6) is 5.75 Å². The Morgan fingerprint density at radius 1 is 0.897 bits per heavy atom. The highest BCUT2D eigenvalue weighted by atomic mass is 16.5. The number of benzene rings is 2. The van der Waals surface area contributed by atoms with Crippen molar-refractivity contribution in [3.8, 4) is 5.75 Å². The summed E-state index contributed by atoms with van der Waals surface area (Å²) in [7, 11) is 0. The van der Waals surface area contributed by atoms with Crippen LogP contribution in [0.1, 0.15) is 25.8 Å². The van der Waals surface area contributed by atoms with Crippen molar-refractivity contribution in [2.45, 2.75) is 20.3 Å². The molecule has 0 saturated heterocycles. The van der Waals surface area contributed by atoms with Crippen LogP contribution in [0.3, 0.4) is 0 Å². The monoisotopic (exact) mass is 394 g/mol. The molecule has 2 amide bonds. The van der Waals surface area contributed by atoms with Gasteiger partial charge in [0.15, 0.2) is 0 Å². The van der Waals surface area contributed by atoms with Crippen LogP contribution in [0.25, 0.3) is 5.57 Å². The number of rotatable bonds is 10. The summed E-state index contributed by atoms with van der Waals surface area (Å²) in [5.41, 5.74) is 1.99. The van der Waals surface area contributed by atoms with Gasteiger partial charge in [0.2, 0.25) is 0 Å². The highest BCUT2D eigenvalue weighted by Gasteiger charge is 2.39. The molecule has 6 heteroatoms. The van der Waals surface area contributed by atoms with Crippen molar-refractivity contribution in [2.24, 2.45) is 0 Å². The smallest absolute Gasteiger partial charge is 0.278 e. The molecule has 0 aliphatic carbocycles. The number of hydrogen-bond donors (Lipinski definition) is 1. The van der Waals surface area contributed by atoms with Crippen molar-refractivity contribution in [3.05, 3.63) is 65.9 Å². The summed E-state index contributed by atoms with van der Waals surface area (Å²) in [4.78, 5) is 27.6. The third kappa shape index (κ3) is 4.66. The van der Waals surface area contributed by atoms with Gasteiger partial charge in [0.25, 0.3) is 11.8 Å². The van der Waals surface area contributed by atoms with E-state index in [1.165, 1.54) is 4.90 Å². The van der Waals surface area contributed by atoms with Crippen LogP contribution >= 0.6 is 0 Å². The molecule has 0 bridgehead atoms. The first-order chi connectivity index (χ1) is 14.2. The number of nitrogens with zero attached hydrogens (tertiary/aromatic N) is 1. The third-order valence-corrected chi connectivity index (χ3v) is 4.55. The number of ether oxygens (including phenoxy) is 2. The minimum absolute atomic E-state index is 0.268. The van der Waals surface area contributed by atoms with Gasteiger partial charge in [-0.05, 0) is 38.0 Å². The van der Waals surface area contributed by atoms with Gasteiger partial charge in [-0.15, -0.1) is 0 Å². The molecule has 1 N–H and O–H groups in total. The largest absolute Gasteiger partial charge is 0.492 e. The number of amides is 2. The van der Waals surface area contributed by atoms with Crippen molar-refractivity contribution in [1.29, 1.82) is 0 Å². The molecule has 3 rings (SSSR count). The Labute approximate surface area is 171 Å². The summed E-state index contributed by atoms with van der Waals surface area (Å²) in [6, 6.07) is 16.6. The first kappa shape index (κ1) is 20.6. The molecule has 0 atom stereocenters. The predicted octanol–water partition coefficient (Wildman–Crippen LogP) is 3.70. The number of nitrogens with one attached hydrogen (secondary N) is 1. The Morgan fingerprint density at radius 3 is 2.34 bits per heavy atom. The summed E-state index contributed by atoms with van der Waals surface area (Å²) in [5, 5.41) is 3.17. The molecule has 0 aromatic heterocycles. The number of hydrogen-bond acceptors (Lipinski definition) is 5. The average molecular weight is 394 g/mol. The fourth-order valence-electron chi connectivity index (χ4n) is 3.22. The fraction of sp³-hybridized carbons (Fsp3) is 0.304. The molecule has 1 heterocycles. The lowest BCUT2D eigenvalue weighted by Crippen LogP contribution is -2.34. The first-order valence-corrected chi connectivity index (χ1v) is 9.89. The SMILES string of the molecule is CCOCCCN1C(=O)C(Nc2ccccc2OCC)=C(c2ccccc2)C1=O. The summed E-state index contributed by atoms with van der Waals surface area (Å²) < 4.78 is 11.0. The predicted molar refractivity (Wildman–Crippen MR) is 112 cm³/mol. The van der Waals surface area contributed by atoms with Crippen LogP contribution in [0, 0.1) is 0 Å². The number of para-hydroxylation sites is 2. The number of imide groups is 1. The average Bonchev–Trinajstić information content (AvgIpc) is 2.97. The molecule has 29 heavy (non-hydrogen) atoms. The van der Waals surface area contributed by atoms with E-state index in [1.807, 2.05) is 68.4 Å². The van der Waals surface area contributed by atoms with Crippen molar-refractivity contribution >= 4 is 23.1 Å². The molecular formula is C23H26N2O4. The van der Waals surface area contributed by atoms with Gasteiger partial charge in [0.1, 0.15) is 11.4 Å². The van der Waals surface area contributed by atoms with Gasteiger partial charge >= 0.3 is 0 Å². The van der Waals surface area contributed by atoms with Crippen LogP contribution in [-0.2, 0) is 14.3 Å². The Hall–Kier alpha value is -3.12. The van der Waals surface area contributed by atoms with Gasteiger partial charge in [0.05, 0.1) is 17.9 Å². The molecule has 1 aliphatic rings. The van der Waals surface area contributed by atoms with Gasteiger partial charge in [-0.25, -0.2) is 0 Å². The summed E-state index contributed by atoms with van der Waals surface area (Å²) in [6.45, 7) is 5.74. The van der Waals surface area contributed by atoms with E-state index in [4.69, 9.17) is 9.47 Å². The van der Waals surface area contributed by atoms with Crippen molar-refractivity contribution < 1.29 is 19.1 Å². The second kappa shape index (κ2) is 9.89. The van der Waals surface area contributed by atoms with E-state index in [0.29, 0.717) is 55.4 Å². The van der Waals surface area contributed by atoms with Gasteiger partial charge in [-0.3, -0.25) is 14.5 Å². The second-order valence-electron chi connectivity index (χ2n) is 6.48. The molecule has 2 aromatic carbocycles. The Morgan fingerprint density at radius 2 is 1.62 bits per heavy atom. The van der Waals surface area contributed by atoms with E-state index in [9.17, 15) is 9.59 Å². The van der Waals surface area contributed by atoms with Gasteiger partial charge < -0.3 is 14.8 Å². The van der Waals surface area contributed by atoms with Crippen LogP contribution in [0.2, 0.25) is 0 Å². The summed E-state index contributed by atoms with van der Waals surface area (Å²) in [6.07, 6.45) is 0.593. The quantitative estimate of drug-likeness (QED) is 0.492. The van der Waals surface area contributed by atoms with Crippen molar-refractivity contribution in [3.63, 3.8) is 0 Å². The minimum Gasteiger partial charge on any atom is -0.492 e.